The van der Waals surface area contributed by atoms with E-state index in [4.69, 9.17) is 17.3 Å². The van der Waals surface area contributed by atoms with Crippen LogP contribution in [0, 0.1) is 0 Å². The number of hydrogen-bond acceptors (Lipinski definition) is 5. The van der Waals surface area contributed by atoms with Gasteiger partial charge in [0, 0.05) is 18.6 Å². The van der Waals surface area contributed by atoms with Crippen molar-refractivity contribution < 1.29 is 4.79 Å². The molecule has 0 aliphatic rings. The molecule has 0 atom stereocenters. The van der Waals surface area contributed by atoms with Crippen LogP contribution in [-0.2, 0) is 0 Å². The smallest absolute Gasteiger partial charge is 0.267 e. The van der Waals surface area contributed by atoms with Crippen molar-refractivity contribution in [3.8, 4) is 11.4 Å². The molecule has 16 heavy (non-hydrogen) atoms. The number of nitrogens with two attached hydrogens (primary N) is 1. The van der Waals surface area contributed by atoms with Crippen LogP contribution in [0.15, 0.2) is 24.7 Å². The molecule has 0 bridgehead atoms. The van der Waals surface area contributed by atoms with Gasteiger partial charge in [0.1, 0.15) is 5.69 Å². The van der Waals surface area contributed by atoms with Gasteiger partial charge in [0.05, 0.1) is 5.56 Å². The van der Waals surface area contributed by atoms with E-state index in [0.717, 1.165) is 0 Å². The molecule has 0 aromatic carbocycles. The summed E-state index contributed by atoms with van der Waals surface area (Å²) >= 11 is 5.54. The monoisotopic (exact) mass is 235 g/mol. The van der Waals surface area contributed by atoms with Gasteiger partial charge in [0.25, 0.3) is 5.91 Å². The molecule has 0 aliphatic carbocycles. The van der Waals surface area contributed by atoms with Crippen molar-refractivity contribution in [2.24, 2.45) is 5.73 Å². The maximum atomic E-state index is 10.9. The average Bonchev–Trinajstić information content (AvgIpc) is 2.30. The van der Waals surface area contributed by atoms with Crippen molar-refractivity contribution in [2.75, 3.05) is 0 Å². The van der Waals surface area contributed by atoms with Gasteiger partial charge in [0.15, 0.2) is 5.82 Å². The van der Waals surface area contributed by atoms with Gasteiger partial charge in [-0.15, -0.1) is 0 Å². The van der Waals surface area contributed by atoms with E-state index in [9.17, 15) is 4.79 Å². The molecule has 0 aliphatic heterocycles. The van der Waals surface area contributed by atoms with E-state index in [1.807, 2.05) is 0 Å². The average molecular weight is 236 g/mol. The second-order valence-corrected chi connectivity index (χ2v) is 3.21. The minimum absolute atomic E-state index is 0.134. The van der Waals surface area contributed by atoms with Gasteiger partial charge in [-0.05, 0) is 17.7 Å². The summed E-state index contributed by atoms with van der Waals surface area (Å²) in [6.07, 6.45) is 4.38. The Bertz CT molecular complexity index is 528. The molecule has 6 nitrogen and oxygen atoms in total. The number of halogens is 1. The molecule has 0 fully saturated rings. The van der Waals surface area contributed by atoms with Crippen molar-refractivity contribution in [3.05, 3.63) is 35.6 Å². The van der Waals surface area contributed by atoms with E-state index in [2.05, 4.69) is 19.9 Å². The third-order valence-corrected chi connectivity index (χ3v) is 1.98. The normalized spacial score (nSPS) is 10.1. The SMILES string of the molecule is NC(=O)c1ccnc(-c2cnc(Cl)nc2)n1. The van der Waals surface area contributed by atoms with E-state index in [0.29, 0.717) is 11.4 Å². The Kier molecular flexibility index (Phi) is 2.74. The van der Waals surface area contributed by atoms with Crippen molar-refractivity contribution in [1.82, 2.24) is 19.9 Å². The van der Waals surface area contributed by atoms with Gasteiger partial charge in [-0.25, -0.2) is 19.9 Å². The Hall–Kier alpha value is -2.08. The lowest BCUT2D eigenvalue weighted by molar-refractivity contribution is 0.0995. The van der Waals surface area contributed by atoms with Crippen LogP contribution < -0.4 is 5.73 Å². The highest BCUT2D eigenvalue weighted by molar-refractivity contribution is 6.28. The number of nitrogens with zero attached hydrogens (tertiary/aromatic N) is 4. The molecule has 80 valence electrons. The lowest BCUT2D eigenvalue weighted by Gasteiger charge is -2.00. The zero-order valence-corrected chi connectivity index (χ0v) is 8.72. The van der Waals surface area contributed by atoms with Gasteiger partial charge in [-0.1, -0.05) is 0 Å². The van der Waals surface area contributed by atoms with Crippen LogP contribution in [0.4, 0.5) is 0 Å². The van der Waals surface area contributed by atoms with Crippen LogP contribution >= 0.6 is 11.6 Å². The summed E-state index contributed by atoms with van der Waals surface area (Å²) in [6, 6.07) is 1.43. The minimum atomic E-state index is -0.612. The lowest BCUT2D eigenvalue weighted by Crippen LogP contribution is -2.13. The molecular weight excluding hydrogens is 230 g/mol. The van der Waals surface area contributed by atoms with Crippen LogP contribution in [-0.4, -0.2) is 25.8 Å². The van der Waals surface area contributed by atoms with Crippen molar-refractivity contribution in [1.29, 1.82) is 0 Å². The fourth-order valence-electron chi connectivity index (χ4n) is 1.06. The fraction of sp³-hybridized carbons (Fsp3) is 0. The molecule has 2 rings (SSSR count). The maximum absolute atomic E-state index is 10.9. The number of carbonyl (C=O) groups excluding carboxylic acids is 1. The maximum Gasteiger partial charge on any atom is 0.267 e. The van der Waals surface area contributed by atoms with Gasteiger partial charge in [-0.3, -0.25) is 4.79 Å². The molecule has 0 unspecified atom stereocenters. The minimum Gasteiger partial charge on any atom is -0.364 e. The highest BCUT2D eigenvalue weighted by Crippen LogP contribution is 2.13. The lowest BCUT2D eigenvalue weighted by atomic mass is 10.3. The molecule has 0 saturated heterocycles. The summed E-state index contributed by atoms with van der Waals surface area (Å²) in [6.45, 7) is 0. The highest BCUT2D eigenvalue weighted by Gasteiger charge is 2.06. The number of hydrogen-bond donors (Lipinski definition) is 1. The summed E-state index contributed by atoms with van der Waals surface area (Å²) < 4.78 is 0. The summed E-state index contributed by atoms with van der Waals surface area (Å²) in [4.78, 5) is 26.4. The first-order valence-electron chi connectivity index (χ1n) is 4.27. The number of amides is 1. The first kappa shape index (κ1) is 10.4. The summed E-state index contributed by atoms with van der Waals surface area (Å²) in [7, 11) is 0. The molecule has 7 heteroatoms. The summed E-state index contributed by atoms with van der Waals surface area (Å²) in [5.74, 6) is -0.286. The fourth-order valence-corrected chi connectivity index (χ4v) is 1.16. The predicted molar refractivity (Wildman–Crippen MR) is 56.6 cm³/mol. The third-order valence-electron chi connectivity index (χ3n) is 1.79. The Morgan fingerprint density at radius 3 is 2.56 bits per heavy atom. The van der Waals surface area contributed by atoms with Crippen LogP contribution in [0.3, 0.4) is 0 Å². The number of primary amides is 1. The Balaban J connectivity index is 2.44. The predicted octanol–water partition coefficient (Wildman–Crippen LogP) is 0.686. The van der Waals surface area contributed by atoms with E-state index in [1.165, 1.54) is 24.7 Å². The van der Waals surface area contributed by atoms with Crippen LogP contribution in [0.5, 0.6) is 0 Å². The first-order valence-corrected chi connectivity index (χ1v) is 4.65. The van der Waals surface area contributed by atoms with Gasteiger partial charge < -0.3 is 5.73 Å². The number of rotatable bonds is 2. The standard InChI is InChI=1S/C9H6ClN5O/c10-9-13-3-5(4-14-9)8-12-2-1-6(15-8)7(11)16/h1-4H,(H2,11,16). The zero-order valence-electron chi connectivity index (χ0n) is 7.96. The van der Waals surface area contributed by atoms with Crippen LogP contribution in [0.2, 0.25) is 5.28 Å². The van der Waals surface area contributed by atoms with Crippen molar-refractivity contribution in [2.45, 2.75) is 0 Å². The van der Waals surface area contributed by atoms with Gasteiger partial charge in [0.2, 0.25) is 5.28 Å². The molecule has 0 radical (unpaired) electrons. The zero-order chi connectivity index (χ0) is 11.5. The number of aromatic nitrogens is 4. The second kappa shape index (κ2) is 4.19. The van der Waals surface area contributed by atoms with E-state index in [1.54, 1.807) is 0 Å². The largest absolute Gasteiger partial charge is 0.364 e. The molecular formula is C9H6ClN5O. The topological polar surface area (TPSA) is 94.7 Å². The molecule has 2 N–H and O–H groups in total. The summed E-state index contributed by atoms with van der Waals surface area (Å²) in [5, 5.41) is 0.134. The molecule has 0 saturated carbocycles. The summed E-state index contributed by atoms with van der Waals surface area (Å²) in [5.41, 5.74) is 5.80. The Morgan fingerprint density at radius 2 is 1.94 bits per heavy atom. The third kappa shape index (κ3) is 2.12. The van der Waals surface area contributed by atoms with Gasteiger partial charge in [-0.2, -0.15) is 0 Å². The molecule has 2 heterocycles. The molecule has 2 aromatic heterocycles. The number of carbonyl (C=O) groups is 1. The van der Waals surface area contributed by atoms with Crippen LogP contribution in [0.1, 0.15) is 10.5 Å². The highest BCUT2D eigenvalue weighted by atomic mass is 35.5. The molecule has 1 amide bonds. The van der Waals surface area contributed by atoms with E-state index >= 15 is 0 Å². The van der Waals surface area contributed by atoms with Crippen LogP contribution in [0.25, 0.3) is 11.4 Å². The second-order valence-electron chi connectivity index (χ2n) is 2.87. The Morgan fingerprint density at radius 1 is 1.25 bits per heavy atom. The molecule has 0 spiro atoms. The van der Waals surface area contributed by atoms with Crippen molar-refractivity contribution in [3.63, 3.8) is 0 Å². The first-order chi connectivity index (χ1) is 7.66. The van der Waals surface area contributed by atoms with Gasteiger partial charge >= 0.3 is 0 Å². The quantitative estimate of drug-likeness (QED) is 0.773. The van der Waals surface area contributed by atoms with E-state index in [-0.39, 0.29) is 11.0 Å². The molecule has 2 aromatic rings. The van der Waals surface area contributed by atoms with Crippen molar-refractivity contribution >= 4 is 17.5 Å². The van der Waals surface area contributed by atoms with E-state index < -0.39 is 5.91 Å². The Labute approximate surface area is 95.5 Å².